The maximum Gasteiger partial charge on any atom is 0.269 e. The van der Waals surface area contributed by atoms with Crippen molar-refractivity contribution in [1.82, 2.24) is 9.80 Å². The van der Waals surface area contributed by atoms with Crippen LogP contribution in [0.4, 0.5) is 5.69 Å². The Hall–Kier alpha value is -2.00. The maximum absolute atomic E-state index is 12.5. The van der Waals surface area contributed by atoms with Crippen molar-refractivity contribution < 1.29 is 18.1 Å². The van der Waals surface area contributed by atoms with Gasteiger partial charge in [0.2, 0.25) is 5.91 Å². The number of piperazine rings is 1. The minimum Gasteiger partial charge on any atom is -0.339 e. The van der Waals surface area contributed by atoms with Crippen LogP contribution in [0, 0.1) is 10.1 Å². The van der Waals surface area contributed by atoms with Gasteiger partial charge in [-0.15, -0.1) is 0 Å². The Morgan fingerprint density at radius 1 is 1.19 bits per heavy atom. The highest BCUT2D eigenvalue weighted by Gasteiger charge is 2.34. The zero-order valence-electron chi connectivity index (χ0n) is 15.3. The van der Waals surface area contributed by atoms with E-state index in [9.17, 15) is 23.3 Å². The van der Waals surface area contributed by atoms with Crippen molar-refractivity contribution in [2.24, 2.45) is 0 Å². The van der Waals surface area contributed by atoms with Crippen molar-refractivity contribution in [3.8, 4) is 0 Å². The molecule has 0 aromatic heterocycles. The number of benzene rings is 1. The van der Waals surface area contributed by atoms with Gasteiger partial charge in [0.05, 0.1) is 10.2 Å². The number of rotatable bonds is 6. The number of nitrogens with zero attached hydrogens (tertiary/aromatic N) is 3. The molecule has 1 aromatic carbocycles. The van der Waals surface area contributed by atoms with Gasteiger partial charge in [0.15, 0.2) is 9.84 Å². The van der Waals surface area contributed by atoms with Gasteiger partial charge in [0.25, 0.3) is 5.69 Å². The number of amides is 1. The summed E-state index contributed by atoms with van der Waals surface area (Å²) in [6.07, 6.45) is 0. The van der Waals surface area contributed by atoms with Gasteiger partial charge < -0.3 is 4.90 Å². The monoisotopic (exact) mass is 383 g/mol. The molecule has 26 heavy (non-hydrogen) atoms. The fraction of sp³-hybridized carbons (Fsp3) is 0.588. The first-order valence-corrected chi connectivity index (χ1v) is 10.2. The maximum atomic E-state index is 12.5. The molecule has 0 aliphatic carbocycles. The van der Waals surface area contributed by atoms with Crippen molar-refractivity contribution in [2.75, 3.05) is 26.2 Å². The lowest BCUT2D eigenvalue weighted by molar-refractivity contribution is -0.384. The van der Waals surface area contributed by atoms with Crippen LogP contribution in [0.25, 0.3) is 0 Å². The first-order valence-electron chi connectivity index (χ1n) is 8.60. The molecule has 0 radical (unpaired) electrons. The Labute approximate surface area is 153 Å². The zero-order chi connectivity index (χ0) is 19.5. The summed E-state index contributed by atoms with van der Waals surface area (Å²) in [6.45, 7) is 7.27. The predicted octanol–water partition coefficient (Wildman–Crippen LogP) is 1.45. The van der Waals surface area contributed by atoms with Crippen LogP contribution in [0.2, 0.25) is 0 Å². The number of sulfone groups is 1. The topological polar surface area (TPSA) is 101 Å². The number of non-ortho nitro benzene ring substituents is 1. The van der Waals surface area contributed by atoms with Gasteiger partial charge in [-0.25, -0.2) is 8.42 Å². The highest BCUT2D eigenvalue weighted by Crippen LogP contribution is 2.17. The minimum absolute atomic E-state index is 0.0593. The summed E-state index contributed by atoms with van der Waals surface area (Å²) in [5, 5.41) is 9.23. The molecule has 1 atom stereocenters. The Kier molecular flexibility index (Phi) is 6.35. The molecule has 0 saturated carbocycles. The third-order valence-corrected chi connectivity index (χ3v) is 7.21. The van der Waals surface area contributed by atoms with E-state index >= 15 is 0 Å². The fourth-order valence-corrected chi connectivity index (χ4v) is 4.21. The van der Waals surface area contributed by atoms with Gasteiger partial charge in [0, 0.05) is 44.9 Å². The number of hydrogen-bond acceptors (Lipinski definition) is 6. The van der Waals surface area contributed by atoms with Crippen LogP contribution >= 0.6 is 0 Å². The van der Waals surface area contributed by atoms with Crippen molar-refractivity contribution in [3.05, 3.63) is 39.9 Å². The summed E-state index contributed by atoms with van der Waals surface area (Å²) in [5.41, 5.74) is 0.902. The van der Waals surface area contributed by atoms with Gasteiger partial charge >= 0.3 is 0 Å². The quantitative estimate of drug-likeness (QED) is 0.544. The lowest BCUT2D eigenvalue weighted by Crippen LogP contribution is -2.52. The number of carbonyl (C=O) groups is 1. The number of nitro groups is 1. The van der Waals surface area contributed by atoms with Crippen LogP contribution < -0.4 is 0 Å². The third-order valence-electron chi connectivity index (χ3n) is 4.71. The van der Waals surface area contributed by atoms with Crippen LogP contribution in [0.3, 0.4) is 0 Å². The highest BCUT2D eigenvalue weighted by molar-refractivity contribution is 7.93. The largest absolute Gasteiger partial charge is 0.339 e. The van der Waals surface area contributed by atoms with E-state index in [1.807, 2.05) is 6.07 Å². The van der Waals surface area contributed by atoms with Crippen molar-refractivity contribution in [2.45, 2.75) is 37.8 Å². The second-order valence-electron chi connectivity index (χ2n) is 6.81. The summed E-state index contributed by atoms with van der Waals surface area (Å²) >= 11 is 0. The molecule has 1 amide bonds. The molecule has 1 heterocycles. The number of carbonyl (C=O) groups excluding carboxylic acids is 1. The van der Waals surface area contributed by atoms with Crippen molar-refractivity contribution >= 4 is 21.4 Å². The Morgan fingerprint density at radius 3 is 2.35 bits per heavy atom. The Morgan fingerprint density at radius 2 is 1.81 bits per heavy atom. The molecule has 9 heteroatoms. The molecule has 1 aliphatic heterocycles. The third kappa shape index (κ3) is 4.59. The summed E-state index contributed by atoms with van der Waals surface area (Å²) in [5.74, 6) is -0.353. The second kappa shape index (κ2) is 8.13. The SMILES string of the molecule is CC(C)S(=O)(=O)C(C)C(=O)N1CCN(Cc2cccc([N+](=O)[O-])c2)CC1. The molecule has 8 nitrogen and oxygen atoms in total. The van der Waals surface area contributed by atoms with E-state index in [1.165, 1.54) is 13.0 Å². The van der Waals surface area contributed by atoms with Gasteiger partial charge in [-0.1, -0.05) is 12.1 Å². The molecule has 0 bridgehead atoms. The van der Waals surface area contributed by atoms with E-state index in [1.54, 1.807) is 30.9 Å². The highest BCUT2D eigenvalue weighted by atomic mass is 32.2. The van der Waals surface area contributed by atoms with E-state index in [2.05, 4.69) is 4.90 Å². The standard InChI is InChI=1S/C17H25N3O5S/c1-13(2)26(24,25)14(3)17(21)19-9-7-18(8-10-19)12-15-5-4-6-16(11-15)20(22)23/h4-6,11,13-14H,7-10,12H2,1-3H3. The minimum atomic E-state index is -3.47. The Balaban J connectivity index is 1.94. The summed E-state index contributed by atoms with van der Waals surface area (Å²) < 4.78 is 24.4. The molecule has 1 saturated heterocycles. The van der Waals surface area contributed by atoms with Gasteiger partial charge in [-0.3, -0.25) is 19.8 Å². The number of nitro benzene ring substituents is 1. The Bertz CT molecular complexity index is 770. The van der Waals surface area contributed by atoms with Crippen LogP contribution in [-0.4, -0.2) is 65.7 Å². The smallest absolute Gasteiger partial charge is 0.269 e. The average molecular weight is 383 g/mol. The van der Waals surface area contributed by atoms with E-state index in [0.29, 0.717) is 32.7 Å². The molecule has 1 fully saturated rings. The normalized spacial score (nSPS) is 17.3. The van der Waals surface area contributed by atoms with E-state index in [0.717, 1.165) is 5.56 Å². The lowest BCUT2D eigenvalue weighted by Gasteiger charge is -2.36. The van der Waals surface area contributed by atoms with Gasteiger partial charge in [-0.05, 0) is 26.3 Å². The van der Waals surface area contributed by atoms with Crippen molar-refractivity contribution in [1.29, 1.82) is 0 Å². The van der Waals surface area contributed by atoms with Crippen molar-refractivity contribution in [3.63, 3.8) is 0 Å². The van der Waals surface area contributed by atoms with Crippen LogP contribution in [0.5, 0.6) is 0 Å². The van der Waals surface area contributed by atoms with Gasteiger partial charge in [-0.2, -0.15) is 0 Å². The van der Waals surface area contributed by atoms with Gasteiger partial charge in [0.1, 0.15) is 5.25 Å². The van der Waals surface area contributed by atoms with E-state index in [4.69, 9.17) is 0 Å². The molecule has 1 aliphatic rings. The molecular weight excluding hydrogens is 358 g/mol. The molecule has 0 spiro atoms. The second-order valence-corrected chi connectivity index (χ2v) is 9.64. The summed E-state index contributed by atoms with van der Waals surface area (Å²) in [4.78, 5) is 26.6. The average Bonchev–Trinajstić information content (AvgIpc) is 2.61. The first-order chi connectivity index (χ1) is 12.1. The van der Waals surface area contributed by atoms with Crippen LogP contribution in [0.15, 0.2) is 24.3 Å². The fourth-order valence-electron chi connectivity index (χ4n) is 2.96. The molecule has 1 unspecified atom stereocenters. The molecular formula is C17H25N3O5S. The summed E-state index contributed by atoms with van der Waals surface area (Å²) in [6, 6.07) is 6.50. The van der Waals surface area contributed by atoms with E-state index in [-0.39, 0.29) is 11.6 Å². The molecule has 2 rings (SSSR count). The van der Waals surface area contributed by atoms with Crippen LogP contribution in [0.1, 0.15) is 26.3 Å². The lowest BCUT2D eigenvalue weighted by atomic mass is 10.1. The molecule has 0 N–H and O–H groups in total. The zero-order valence-corrected chi connectivity index (χ0v) is 16.1. The predicted molar refractivity (Wildman–Crippen MR) is 98.5 cm³/mol. The first kappa shape index (κ1) is 20.3. The summed E-state index contributed by atoms with van der Waals surface area (Å²) in [7, 11) is -3.47. The van der Waals surface area contributed by atoms with Crippen LogP contribution in [-0.2, 0) is 21.2 Å². The number of hydrogen-bond donors (Lipinski definition) is 0. The van der Waals surface area contributed by atoms with E-state index < -0.39 is 25.3 Å². The molecule has 1 aromatic rings. The molecule has 144 valence electrons.